The van der Waals surface area contributed by atoms with E-state index in [1.54, 1.807) is 0 Å². The summed E-state index contributed by atoms with van der Waals surface area (Å²) in [5, 5.41) is 0. The first kappa shape index (κ1) is 11.5. The molecule has 0 spiro atoms. The van der Waals surface area contributed by atoms with E-state index in [1.807, 2.05) is 37.3 Å². The molecule has 2 N–H and O–H groups in total. The summed E-state index contributed by atoms with van der Waals surface area (Å²) in [5.74, 6) is 0. The van der Waals surface area contributed by atoms with Crippen molar-refractivity contribution in [1.29, 1.82) is 0 Å². The molecule has 1 atom stereocenters. The number of nitrogens with two attached hydrogens (primary N) is 1. The molecule has 0 radical (unpaired) electrons. The van der Waals surface area contributed by atoms with Gasteiger partial charge in [0.25, 0.3) is 0 Å². The Balaban J connectivity index is 2.67. The van der Waals surface area contributed by atoms with Gasteiger partial charge in [0.15, 0.2) is 6.10 Å². The van der Waals surface area contributed by atoms with E-state index in [2.05, 4.69) is 0 Å². The van der Waals surface area contributed by atoms with Crippen molar-refractivity contribution in [3.8, 4) is 0 Å². The standard InChI is InChI=1S/C11H15NO3/c1-2-14-8-10(15-11(12)13)9-6-4-3-5-7-9/h3-7,10H,2,8H2,1H3,(H2,12,13). The number of primary amides is 1. The fourth-order valence-corrected chi connectivity index (χ4v) is 1.23. The van der Waals surface area contributed by atoms with Crippen molar-refractivity contribution in [1.82, 2.24) is 0 Å². The topological polar surface area (TPSA) is 61.6 Å². The van der Waals surface area contributed by atoms with E-state index in [0.717, 1.165) is 5.56 Å². The van der Waals surface area contributed by atoms with Gasteiger partial charge in [0.2, 0.25) is 0 Å². The van der Waals surface area contributed by atoms with Gasteiger partial charge in [-0.1, -0.05) is 30.3 Å². The zero-order chi connectivity index (χ0) is 11.1. The molecule has 1 unspecified atom stereocenters. The maximum Gasteiger partial charge on any atom is 0.405 e. The molecular weight excluding hydrogens is 194 g/mol. The Morgan fingerprint density at radius 1 is 1.40 bits per heavy atom. The van der Waals surface area contributed by atoms with Gasteiger partial charge in [-0.25, -0.2) is 4.79 Å². The van der Waals surface area contributed by atoms with Crippen LogP contribution in [0.2, 0.25) is 0 Å². The molecule has 0 aromatic heterocycles. The van der Waals surface area contributed by atoms with Gasteiger partial charge in [-0.05, 0) is 12.5 Å². The molecule has 82 valence electrons. The molecule has 0 aliphatic heterocycles. The molecular formula is C11H15NO3. The van der Waals surface area contributed by atoms with Gasteiger partial charge in [0, 0.05) is 6.61 Å². The van der Waals surface area contributed by atoms with Crippen LogP contribution in [0.5, 0.6) is 0 Å². The van der Waals surface area contributed by atoms with Crippen molar-refractivity contribution in [2.45, 2.75) is 13.0 Å². The van der Waals surface area contributed by atoms with Crippen LogP contribution in [0.15, 0.2) is 30.3 Å². The highest BCUT2D eigenvalue weighted by Gasteiger charge is 2.14. The second kappa shape index (κ2) is 6.03. The van der Waals surface area contributed by atoms with Crippen LogP contribution < -0.4 is 5.73 Å². The van der Waals surface area contributed by atoms with E-state index in [4.69, 9.17) is 15.2 Å². The average molecular weight is 209 g/mol. The third-order valence-electron chi connectivity index (χ3n) is 1.90. The van der Waals surface area contributed by atoms with Crippen molar-refractivity contribution in [2.24, 2.45) is 5.73 Å². The van der Waals surface area contributed by atoms with Crippen LogP contribution in [0.4, 0.5) is 4.79 Å². The predicted molar refractivity (Wildman–Crippen MR) is 56.3 cm³/mol. The molecule has 4 heteroatoms. The molecule has 0 saturated heterocycles. The first-order valence-corrected chi connectivity index (χ1v) is 4.82. The quantitative estimate of drug-likeness (QED) is 0.805. The summed E-state index contributed by atoms with van der Waals surface area (Å²) in [6, 6.07) is 9.38. The largest absolute Gasteiger partial charge is 0.439 e. The van der Waals surface area contributed by atoms with Gasteiger partial charge in [-0.2, -0.15) is 0 Å². The highest BCUT2D eigenvalue weighted by atomic mass is 16.6. The van der Waals surface area contributed by atoms with Crippen molar-refractivity contribution in [3.63, 3.8) is 0 Å². The molecule has 0 saturated carbocycles. The minimum atomic E-state index is -0.788. The summed E-state index contributed by atoms with van der Waals surface area (Å²) >= 11 is 0. The maximum absolute atomic E-state index is 10.7. The number of amides is 1. The zero-order valence-corrected chi connectivity index (χ0v) is 8.68. The third kappa shape index (κ3) is 3.99. The van der Waals surface area contributed by atoms with E-state index < -0.39 is 12.2 Å². The van der Waals surface area contributed by atoms with Gasteiger partial charge in [0.1, 0.15) is 0 Å². The van der Waals surface area contributed by atoms with E-state index in [-0.39, 0.29) is 0 Å². The molecule has 0 aliphatic rings. The number of hydrogen-bond acceptors (Lipinski definition) is 3. The lowest BCUT2D eigenvalue weighted by Crippen LogP contribution is -2.20. The molecule has 0 fully saturated rings. The normalized spacial score (nSPS) is 12.1. The average Bonchev–Trinajstić information content (AvgIpc) is 2.25. The summed E-state index contributed by atoms with van der Waals surface area (Å²) in [7, 11) is 0. The lowest BCUT2D eigenvalue weighted by atomic mass is 10.1. The molecule has 1 rings (SSSR count). The summed E-state index contributed by atoms with van der Waals surface area (Å²) in [4.78, 5) is 10.7. The van der Waals surface area contributed by atoms with Crippen molar-refractivity contribution in [2.75, 3.05) is 13.2 Å². The first-order valence-electron chi connectivity index (χ1n) is 4.82. The Morgan fingerprint density at radius 2 is 2.07 bits per heavy atom. The number of benzene rings is 1. The number of ether oxygens (including phenoxy) is 2. The third-order valence-corrected chi connectivity index (χ3v) is 1.90. The molecule has 1 aromatic carbocycles. The molecule has 1 amide bonds. The van der Waals surface area contributed by atoms with Crippen molar-refractivity contribution in [3.05, 3.63) is 35.9 Å². The summed E-state index contributed by atoms with van der Waals surface area (Å²) in [5.41, 5.74) is 5.87. The summed E-state index contributed by atoms with van der Waals surface area (Å²) in [6.07, 6.45) is -1.22. The highest BCUT2D eigenvalue weighted by molar-refractivity contribution is 5.65. The van der Waals surface area contributed by atoms with E-state index in [0.29, 0.717) is 13.2 Å². The maximum atomic E-state index is 10.7. The minimum absolute atomic E-state index is 0.323. The Labute approximate surface area is 89.0 Å². The highest BCUT2D eigenvalue weighted by Crippen LogP contribution is 2.17. The Bertz CT molecular complexity index is 300. The van der Waals surface area contributed by atoms with Crippen LogP contribution in [0.25, 0.3) is 0 Å². The number of carbonyl (C=O) groups is 1. The summed E-state index contributed by atoms with van der Waals surface area (Å²) < 4.78 is 10.2. The van der Waals surface area contributed by atoms with E-state index in [9.17, 15) is 4.79 Å². The zero-order valence-electron chi connectivity index (χ0n) is 8.68. The van der Waals surface area contributed by atoms with Crippen LogP contribution in [0, 0.1) is 0 Å². The van der Waals surface area contributed by atoms with Crippen LogP contribution in [-0.2, 0) is 9.47 Å². The monoisotopic (exact) mass is 209 g/mol. The number of hydrogen-bond donors (Lipinski definition) is 1. The van der Waals surface area contributed by atoms with Gasteiger partial charge in [-0.3, -0.25) is 0 Å². The lowest BCUT2D eigenvalue weighted by Gasteiger charge is -2.16. The Hall–Kier alpha value is -1.55. The second-order valence-corrected chi connectivity index (χ2v) is 3.00. The van der Waals surface area contributed by atoms with Crippen LogP contribution in [-0.4, -0.2) is 19.3 Å². The molecule has 1 aromatic rings. The Kier molecular flexibility index (Phi) is 4.63. The SMILES string of the molecule is CCOCC(OC(N)=O)c1ccccc1. The van der Waals surface area contributed by atoms with Crippen molar-refractivity contribution < 1.29 is 14.3 Å². The fourth-order valence-electron chi connectivity index (χ4n) is 1.23. The molecule has 0 heterocycles. The number of carbonyl (C=O) groups excluding carboxylic acids is 1. The van der Waals surface area contributed by atoms with Gasteiger partial charge >= 0.3 is 6.09 Å². The fraction of sp³-hybridized carbons (Fsp3) is 0.364. The minimum Gasteiger partial charge on any atom is -0.439 e. The smallest absolute Gasteiger partial charge is 0.405 e. The Morgan fingerprint density at radius 3 is 2.60 bits per heavy atom. The van der Waals surface area contributed by atoms with Crippen LogP contribution in [0.1, 0.15) is 18.6 Å². The predicted octanol–water partition coefficient (Wildman–Crippen LogP) is 1.86. The number of rotatable bonds is 5. The second-order valence-electron chi connectivity index (χ2n) is 3.00. The summed E-state index contributed by atoms with van der Waals surface area (Å²) in [6.45, 7) is 2.78. The van der Waals surface area contributed by atoms with Crippen LogP contribution >= 0.6 is 0 Å². The lowest BCUT2D eigenvalue weighted by molar-refractivity contribution is 0.0269. The molecule has 0 bridgehead atoms. The first-order chi connectivity index (χ1) is 7.24. The van der Waals surface area contributed by atoms with Crippen LogP contribution in [0.3, 0.4) is 0 Å². The van der Waals surface area contributed by atoms with Gasteiger partial charge in [-0.15, -0.1) is 0 Å². The van der Waals surface area contributed by atoms with Crippen molar-refractivity contribution >= 4 is 6.09 Å². The van der Waals surface area contributed by atoms with E-state index >= 15 is 0 Å². The van der Waals surface area contributed by atoms with Gasteiger partial charge in [0.05, 0.1) is 6.61 Å². The molecule has 4 nitrogen and oxygen atoms in total. The van der Waals surface area contributed by atoms with Gasteiger partial charge < -0.3 is 15.2 Å². The molecule has 0 aliphatic carbocycles. The molecule has 15 heavy (non-hydrogen) atoms. The van der Waals surface area contributed by atoms with E-state index in [1.165, 1.54) is 0 Å².